The molecular weight excluding hydrogens is 196 g/mol. The molecule has 1 fully saturated rings. The molecule has 76 valence electrons. The Hall–Kier alpha value is -0.660. The Morgan fingerprint density at radius 2 is 2.08 bits per heavy atom. The van der Waals surface area contributed by atoms with Crippen molar-refractivity contribution in [1.82, 2.24) is 9.44 Å². The molecular formula is C6H12N2O4S. The minimum absolute atomic E-state index is 0.0438. The first-order valence-electron chi connectivity index (χ1n) is 3.98. The molecule has 3 N–H and O–H groups in total. The molecule has 0 bridgehead atoms. The van der Waals surface area contributed by atoms with Gasteiger partial charge in [0, 0.05) is 12.6 Å². The number of carboxylic acids is 1. The Morgan fingerprint density at radius 1 is 1.46 bits per heavy atom. The van der Waals surface area contributed by atoms with Crippen molar-refractivity contribution < 1.29 is 18.3 Å². The van der Waals surface area contributed by atoms with Crippen molar-refractivity contribution in [2.45, 2.75) is 25.3 Å². The molecule has 1 aliphatic rings. The zero-order chi connectivity index (χ0) is 9.90. The lowest BCUT2D eigenvalue weighted by molar-refractivity contribution is -0.136. The summed E-state index contributed by atoms with van der Waals surface area (Å²) in [6.45, 7) is -0.0720. The molecule has 0 heterocycles. The minimum Gasteiger partial charge on any atom is -0.481 e. The summed E-state index contributed by atoms with van der Waals surface area (Å²) in [7, 11) is -3.48. The van der Waals surface area contributed by atoms with E-state index in [1.807, 2.05) is 0 Å². The van der Waals surface area contributed by atoms with E-state index in [0.717, 1.165) is 12.8 Å². The lowest BCUT2D eigenvalue weighted by Gasteiger charge is -2.04. The Bertz CT molecular complexity index is 283. The van der Waals surface area contributed by atoms with Crippen molar-refractivity contribution >= 4 is 16.2 Å². The Kier molecular flexibility index (Phi) is 3.23. The summed E-state index contributed by atoms with van der Waals surface area (Å²) in [5.74, 6) is -1.02. The number of nitrogens with one attached hydrogen (secondary N) is 2. The average molecular weight is 208 g/mol. The average Bonchev–Trinajstić information content (AvgIpc) is 2.68. The van der Waals surface area contributed by atoms with Crippen molar-refractivity contribution in [3.63, 3.8) is 0 Å². The van der Waals surface area contributed by atoms with Crippen LogP contribution in [0, 0.1) is 0 Å². The van der Waals surface area contributed by atoms with E-state index < -0.39 is 16.2 Å². The van der Waals surface area contributed by atoms with E-state index in [1.54, 1.807) is 0 Å². The summed E-state index contributed by atoms with van der Waals surface area (Å²) < 4.78 is 26.6. The SMILES string of the molecule is O=C(O)CCNS(=O)(=O)NC1CC1. The third-order valence-electron chi connectivity index (χ3n) is 1.53. The highest BCUT2D eigenvalue weighted by atomic mass is 32.2. The van der Waals surface area contributed by atoms with Crippen molar-refractivity contribution in [3.05, 3.63) is 0 Å². The Morgan fingerprint density at radius 3 is 2.54 bits per heavy atom. The number of hydrogen-bond donors (Lipinski definition) is 3. The molecule has 0 radical (unpaired) electrons. The molecule has 0 unspecified atom stereocenters. The number of rotatable bonds is 6. The highest BCUT2D eigenvalue weighted by Crippen LogP contribution is 2.19. The van der Waals surface area contributed by atoms with Crippen LogP contribution in [-0.4, -0.2) is 32.1 Å². The first-order valence-corrected chi connectivity index (χ1v) is 5.46. The molecule has 7 heteroatoms. The summed E-state index contributed by atoms with van der Waals surface area (Å²) in [5, 5.41) is 8.25. The maximum atomic E-state index is 11.0. The number of carbonyl (C=O) groups is 1. The zero-order valence-corrected chi connectivity index (χ0v) is 7.80. The van der Waals surface area contributed by atoms with Crippen LogP contribution in [0.2, 0.25) is 0 Å². The fourth-order valence-electron chi connectivity index (χ4n) is 0.755. The van der Waals surface area contributed by atoms with E-state index in [9.17, 15) is 13.2 Å². The van der Waals surface area contributed by atoms with Gasteiger partial charge in [-0.3, -0.25) is 4.79 Å². The topological polar surface area (TPSA) is 95.5 Å². The van der Waals surface area contributed by atoms with Gasteiger partial charge in [-0.15, -0.1) is 0 Å². The molecule has 0 amide bonds. The van der Waals surface area contributed by atoms with Gasteiger partial charge in [0.25, 0.3) is 10.2 Å². The molecule has 0 aromatic carbocycles. The van der Waals surface area contributed by atoms with Crippen LogP contribution in [0.1, 0.15) is 19.3 Å². The molecule has 6 nitrogen and oxygen atoms in total. The molecule has 1 saturated carbocycles. The van der Waals surface area contributed by atoms with E-state index in [-0.39, 0.29) is 19.0 Å². The van der Waals surface area contributed by atoms with Crippen LogP contribution in [0.3, 0.4) is 0 Å². The maximum Gasteiger partial charge on any atom is 0.304 e. The second-order valence-corrected chi connectivity index (χ2v) is 4.46. The van der Waals surface area contributed by atoms with Gasteiger partial charge in [0.2, 0.25) is 0 Å². The van der Waals surface area contributed by atoms with Gasteiger partial charge in [0.05, 0.1) is 6.42 Å². The Balaban J connectivity index is 2.21. The van der Waals surface area contributed by atoms with E-state index in [0.29, 0.717) is 0 Å². The van der Waals surface area contributed by atoms with Crippen molar-refractivity contribution in [3.8, 4) is 0 Å². The highest BCUT2D eigenvalue weighted by molar-refractivity contribution is 7.87. The highest BCUT2D eigenvalue weighted by Gasteiger charge is 2.26. The van der Waals surface area contributed by atoms with Gasteiger partial charge in [-0.2, -0.15) is 13.1 Å². The molecule has 1 aliphatic carbocycles. The predicted octanol–water partition coefficient (Wildman–Crippen LogP) is -0.952. The molecule has 0 atom stereocenters. The monoisotopic (exact) mass is 208 g/mol. The lowest BCUT2D eigenvalue weighted by Crippen LogP contribution is -2.38. The Labute approximate surface area is 76.5 Å². The maximum absolute atomic E-state index is 11.0. The third-order valence-corrected chi connectivity index (χ3v) is 2.76. The second-order valence-electron chi connectivity index (χ2n) is 2.93. The second kappa shape index (κ2) is 4.03. The van der Waals surface area contributed by atoms with E-state index in [2.05, 4.69) is 9.44 Å². The van der Waals surface area contributed by atoms with Crippen LogP contribution in [0.5, 0.6) is 0 Å². The summed E-state index contributed by atoms with van der Waals surface area (Å²) in [6, 6.07) is 0.0438. The molecule has 1 rings (SSSR count). The van der Waals surface area contributed by atoms with Gasteiger partial charge in [0.1, 0.15) is 0 Å². The lowest BCUT2D eigenvalue weighted by atomic mass is 10.5. The van der Waals surface area contributed by atoms with Crippen LogP contribution >= 0.6 is 0 Å². The summed E-state index contributed by atoms with van der Waals surface area (Å²) in [4.78, 5) is 10.1. The first-order chi connectivity index (χ1) is 5.99. The van der Waals surface area contributed by atoms with E-state index in [4.69, 9.17) is 5.11 Å². The molecule has 0 aliphatic heterocycles. The van der Waals surface area contributed by atoms with Crippen molar-refractivity contribution in [2.24, 2.45) is 0 Å². The van der Waals surface area contributed by atoms with Crippen LogP contribution in [-0.2, 0) is 15.0 Å². The largest absolute Gasteiger partial charge is 0.481 e. The van der Waals surface area contributed by atoms with E-state index >= 15 is 0 Å². The predicted molar refractivity (Wildman–Crippen MR) is 45.3 cm³/mol. The van der Waals surface area contributed by atoms with Gasteiger partial charge in [0.15, 0.2) is 0 Å². The molecule has 0 spiro atoms. The molecule has 0 aromatic heterocycles. The van der Waals surface area contributed by atoms with Gasteiger partial charge in [-0.1, -0.05) is 0 Å². The van der Waals surface area contributed by atoms with Crippen LogP contribution in [0.25, 0.3) is 0 Å². The van der Waals surface area contributed by atoms with Gasteiger partial charge >= 0.3 is 5.97 Å². The van der Waals surface area contributed by atoms with Gasteiger partial charge < -0.3 is 5.11 Å². The summed E-state index contributed by atoms with van der Waals surface area (Å²) >= 11 is 0. The first kappa shape index (κ1) is 10.4. The van der Waals surface area contributed by atoms with Crippen LogP contribution < -0.4 is 9.44 Å². The number of hydrogen-bond acceptors (Lipinski definition) is 3. The van der Waals surface area contributed by atoms with Crippen LogP contribution in [0.4, 0.5) is 0 Å². The van der Waals surface area contributed by atoms with Crippen molar-refractivity contribution in [2.75, 3.05) is 6.54 Å². The van der Waals surface area contributed by atoms with E-state index in [1.165, 1.54) is 0 Å². The summed E-state index contributed by atoms with van der Waals surface area (Å²) in [5.41, 5.74) is 0. The normalized spacial score (nSPS) is 17.2. The van der Waals surface area contributed by atoms with Gasteiger partial charge in [-0.05, 0) is 12.8 Å². The standard InChI is InChI=1S/C6H12N2O4S/c9-6(10)3-4-7-13(11,12)8-5-1-2-5/h5,7-8H,1-4H2,(H,9,10). The fraction of sp³-hybridized carbons (Fsp3) is 0.833. The van der Waals surface area contributed by atoms with Crippen LogP contribution in [0.15, 0.2) is 0 Å². The van der Waals surface area contributed by atoms with Crippen molar-refractivity contribution in [1.29, 1.82) is 0 Å². The third kappa shape index (κ3) is 4.81. The van der Waals surface area contributed by atoms with Gasteiger partial charge in [-0.25, -0.2) is 4.72 Å². The number of carboxylic acid groups (broad SMARTS) is 1. The fourth-order valence-corrected chi connectivity index (χ4v) is 1.88. The smallest absolute Gasteiger partial charge is 0.304 e. The minimum atomic E-state index is -3.48. The number of aliphatic carboxylic acids is 1. The zero-order valence-electron chi connectivity index (χ0n) is 6.99. The molecule has 0 saturated heterocycles. The molecule has 13 heavy (non-hydrogen) atoms. The summed E-state index contributed by atoms with van der Waals surface area (Å²) in [6.07, 6.45) is 1.52. The molecule has 0 aromatic rings. The quantitative estimate of drug-likeness (QED) is 0.524.